The minimum absolute atomic E-state index is 0.132. The Morgan fingerprint density at radius 3 is 2.28 bits per heavy atom. The van der Waals surface area contributed by atoms with Crippen molar-refractivity contribution in [1.29, 1.82) is 0 Å². The Balaban J connectivity index is 1.95. The van der Waals surface area contributed by atoms with Gasteiger partial charge in [-0.25, -0.2) is 4.79 Å². The molecule has 0 aliphatic carbocycles. The van der Waals surface area contributed by atoms with Gasteiger partial charge in [-0.1, -0.05) is 55.8 Å². The summed E-state index contributed by atoms with van der Waals surface area (Å²) in [6, 6.07) is 13.7. The average Bonchev–Trinajstić information content (AvgIpc) is 2.98. The Morgan fingerprint density at radius 1 is 1.06 bits per heavy atom. The second-order valence-electron chi connectivity index (χ2n) is 8.68. The van der Waals surface area contributed by atoms with Crippen molar-refractivity contribution in [3.05, 3.63) is 82.1 Å². The van der Waals surface area contributed by atoms with E-state index in [4.69, 9.17) is 4.74 Å². The zero-order chi connectivity index (χ0) is 23.6. The van der Waals surface area contributed by atoms with Crippen molar-refractivity contribution in [1.82, 2.24) is 4.90 Å². The molecular weight excluding hydrogens is 406 g/mol. The van der Waals surface area contributed by atoms with E-state index in [0.29, 0.717) is 5.56 Å². The lowest BCUT2D eigenvalue weighted by Gasteiger charge is -2.27. The van der Waals surface area contributed by atoms with E-state index in [0.717, 1.165) is 16.7 Å². The quantitative estimate of drug-likeness (QED) is 0.639. The summed E-state index contributed by atoms with van der Waals surface area (Å²) in [4.78, 5) is 39.5. The highest BCUT2D eigenvalue weighted by Crippen LogP contribution is 2.40. The lowest BCUT2D eigenvalue weighted by molar-refractivity contribution is -0.130. The monoisotopic (exact) mass is 435 g/mol. The molecule has 1 unspecified atom stereocenters. The molecule has 6 heteroatoms. The van der Waals surface area contributed by atoms with Crippen molar-refractivity contribution >= 4 is 17.7 Å². The number of carbonyl (C=O) groups excluding carboxylic acids is 3. The predicted octanol–water partition coefficient (Wildman–Crippen LogP) is 4.68. The fraction of sp³-hybridized carbons (Fsp3) is 0.346. The van der Waals surface area contributed by atoms with Crippen LogP contribution in [0.3, 0.4) is 0 Å². The lowest BCUT2D eigenvalue weighted by atomic mass is 9.90. The summed E-state index contributed by atoms with van der Waals surface area (Å²) in [6.45, 7) is 9.18. The highest BCUT2D eigenvalue weighted by molar-refractivity contribution is 6.09. The number of Topliss-reactive ketones (excluding diaryl/α,β-unsaturated/α-hetero) is 1. The number of aliphatic hydroxyl groups is 1. The van der Waals surface area contributed by atoms with Crippen LogP contribution in [0.2, 0.25) is 0 Å². The van der Waals surface area contributed by atoms with E-state index in [1.165, 1.54) is 4.90 Å². The predicted molar refractivity (Wildman–Crippen MR) is 121 cm³/mol. The molecule has 1 aliphatic heterocycles. The van der Waals surface area contributed by atoms with Gasteiger partial charge in [-0.15, -0.1) is 0 Å². The number of nitrogens with zero attached hydrogens (tertiary/aromatic N) is 1. The molecule has 0 spiro atoms. The van der Waals surface area contributed by atoms with Gasteiger partial charge in [0.05, 0.1) is 23.3 Å². The second kappa shape index (κ2) is 9.39. The maximum atomic E-state index is 13.0. The smallest absolute Gasteiger partial charge is 0.338 e. The van der Waals surface area contributed by atoms with Gasteiger partial charge >= 0.3 is 5.97 Å². The highest BCUT2D eigenvalue weighted by Gasteiger charge is 2.43. The van der Waals surface area contributed by atoms with Crippen molar-refractivity contribution in [3.8, 4) is 0 Å². The van der Waals surface area contributed by atoms with Crippen molar-refractivity contribution in [2.45, 2.75) is 53.3 Å². The molecule has 1 atom stereocenters. The van der Waals surface area contributed by atoms with Crippen LogP contribution in [0.4, 0.5) is 0 Å². The molecule has 3 rings (SSSR count). The van der Waals surface area contributed by atoms with E-state index in [1.54, 1.807) is 52.0 Å². The zero-order valence-corrected chi connectivity index (χ0v) is 19.1. The molecule has 32 heavy (non-hydrogen) atoms. The molecule has 0 radical (unpaired) electrons. The van der Waals surface area contributed by atoms with Gasteiger partial charge in [-0.2, -0.15) is 0 Å². The van der Waals surface area contributed by atoms with E-state index in [2.05, 4.69) is 0 Å². The third kappa shape index (κ3) is 4.74. The van der Waals surface area contributed by atoms with Crippen LogP contribution in [-0.2, 0) is 20.9 Å². The van der Waals surface area contributed by atoms with Crippen molar-refractivity contribution in [2.75, 3.05) is 0 Å². The molecule has 2 aromatic rings. The fourth-order valence-electron chi connectivity index (χ4n) is 3.79. The van der Waals surface area contributed by atoms with Gasteiger partial charge in [0.25, 0.3) is 5.91 Å². The molecule has 168 valence electrons. The Labute approximate surface area is 188 Å². The number of rotatable bonds is 7. The third-order valence-corrected chi connectivity index (χ3v) is 5.34. The van der Waals surface area contributed by atoms with Crippen LogP contribution in [0.25, 0.3) is 0 Å². The summed E-state index contributed by atoms with van der Waals surface area (Å²) in [6.07, 6.45) is -0.217. The van der Waals surface area contributed by atoms with Crippen LogP contribution in [0, 0.1) is 12.8 Å². The molecule has 0 aromatic heterocycles. The van der Waals surface area contributed by atoms with Crippen molar-refractivity contribution in [2.24, 2.45) is 5.92 Å². The number of aryl methyl sites for hydroxylation is 1. The molecule has 0 saturated heterocycles. The van der Waals surface area contributed by atoms with Gasteiger partial charge < -0.3 is 14.7 Å². The summed E-state index contributed by atoms with van der Waals surface area (Å²) in [5, 5.41) is 10.6. The van der Waals surface area contributed by atoms with Crippen LogP contribution in [0.1, 0.15) is 60.8 Å². The maximum Gasteiger partial charge on any atom is 0.338 e. The minimum Gasteiger partial charge on any atom is -0.503 e. The number of ether oxygens (including phenoxy) is 1. The average molecular weight is 436 g/mol. The zero-order valence-electron chi connectivity index (χ0n) is 19.1. The molecule has 1 heterocycles. The summed E-state index contributed by atoms with van der Waals surface area (Å²) < 4.78 is 5.21. The van der Waals surface area contributed by atoms with Crippen LogP contribution < -0.4 is 0 Å². The Hall–Kier alpha value is -3.41. The topological polar surface area (TPSA) is 83.9 Å². The molecule has 1 N–H and O–H groups in total. The number of amides is 1. The van der Waals surface area contributed by atoms with Crippen LogP contribution in [0.15, 0.2) is 59.9 Å². The fourth-order valence-corrected chi connectivity index (χ4v) is 3.79. The van der Waals surface area contributed by atoms with Crippen LogP contribution in [0.5, 0.6) is 0 Å². The number of ketones is 1. The number of hydrogen-bond donors (Lipinski definition) is 1. The molecule has 6 nitrogen and oxygen atoms in total. The van der Waals surface area contributed by atoms with E-state index < -0.39 is 23.7 Å². The highest BCUT2D eigenvalue weighted by atomic mass is 16.5. The molecule has 0 fully saturated rings. The Kier molecular flexibility index (Phi) is 6.82. The molecule has 0 saturated carbocycles. The summed E-state index contributed by atoms with van der Waals surface area (Å²) in [5.41, 5.74) is 3.08. The van der Waals surface area contributed by atoms with Gasteiger partial charge in [0.15, 0.2) is 11.5 Å². The first-order valence-corrected chi connectivity index (χ1v) is 10.7. The Bertz CT molecular complexity index is 1070. The second-order valence-corrected chi connectivity index (χ2v) is 8.68. The SMILES string of the molecule is Cc1cccc(C2C(C(=O)C(C)C)=C(O)C(=O)N2Cc2ccc(C(=O)OC(C)C)cc2)c1. The molecule has 2 aromatic carbocycles. The number of carbonyl (C=O) groups is 3. The third-order valence-electron chi connectivity index (χ3n) is 5.34. The number of hydrogen-bond acceptors (Lipinski definition) is 5. The van der Waals surface area contributed by atoms with E-state index >= 15 is 0 Å². The first-order valence-electron chi connectivity index (χ1n) is 10.7. The molecular formula is C26H29NO5. The van der Waals surface area contributed by atoms with E-state index in [9.17, 15) is 19.5 Å². The number of esters is 1. The molecule has 1 aliphatic rings. The van der Waals surface area contributed by atoms with Crippen molar-refractivity contribution < 1.29 is 24.2 Å². The normalized spacial score (nSPS) is 16.3. The summed E-state index contributed by atoms with van der Waals surface area (Å²) in [7, 11) is 0. The largest absolute Gasteiger partial charge is 0.503 e. The van der Waals surface area contributed by atoms with Gasteiger partial charge in [-0.05, 0) is 44.0 Å². The van der Waals surface area contributed by atoms with E-state index in [1.807, 2.05) is 31.2 Å². The summed E-state index contributed by atoms with van der Waals surface area (Å²) >= 11 is 0. The maximum absolute atomic E-state index is 13.0. The van der Waals surface area contributed by atoms with Gasteiger partial charge in [0, 0.05) is 12.5 Å². The minimum atomic E-state index is -0.678. The van der Waals surface area contributed by atoms with Crippen molar-refractivity contribution in [3.63, 3.8) is 0 Å². The first-order chi connectivity index (χ1) is 15.1. The first kappa shape index (κ1) is 23.3. The number of benzene rings is 2. The summed E-state index contributed by atoms with van der Waals surface area (Å²) in [5.74, 6) is -2.10. The standard InChI is InChI=1S/C26H29NO5/c1-15(2)23(28)21-22(20-8-6-7-17(5)13-20)27(25(30)24(21)29)14-18-9-11-19(12-10-18)26(31)32-16(3)4/h6-13,15-16,22,29H,14H2,1-5H3. The molecule has 0 bridgehead atoms. The van der Waals surface area contributed by atoms with Crippen LogP contribution >= 0.6 is 0 Å². The van der Waals surface area contributed by atoms with Gasteiger partial charge in [-0.3, -0.25) is 9.59 Å². The molecule has 1 amide bonds. The Morgan fingerprint density at radius 2 is 1.72 bits per heavy atom. The van der Waals surface area contributed by atoms with Crippen LogP contribution in [-0.4, -0.2) is 33.8 Å². The van der Waals surface area contributed by atoms with Gasteiger partial charge in [0.2, 0.25) is 0 Å². The lowest BCUT2D eigenvalue weighted by Crippen LogP contribution is -2.31. The number of aliphatic hydroxyl groups excluding tert-OH is 1. The van der Waals surface area contributed by atoms with Gasteiger partial charge in [0.1, 0.15) is 0 Å². The van der Waals surface area contributed by atoms with E-state index in [-0.39, 0.29) is 29.9 Å².